The largest absolute Gasteiger partial charge is 0.465 e. The first-order valence-electron chi connectivity index (χ1n) is 6.32. The Hall–Kier alpha value is -2.50. The van der Waals surface area contributed by atoms with Gasteiger partial charge in [0.2, 0.25) is 0 Å². The molecule has 0 aliphatic rings. The second-order valence-electron chi connectivity index (χ2n) is 4.13. The van der Waals surface area contributed by atoms with E-state index < -0.39 is 12.0 Å². The Morgan fingerprint density at radius 1 is 1.25 bits per heavy atom. The lowest BCUT2D eigenvalue weighted by molar-refractivity contribution is -0.141. The highest BCUT2D eigenvalue weighted by molar-refractivity contribution is 5.81. The third kappa shape index (κ3) is 3.74. The molecule has 0 spiro atoms. The summed E-state index contributed by atoms with van der Waals surface area (Å²) in [6, 6.07) is 7.11. The first-order valence-corrected chi connectivity index (χ1v) is 6.32. The lowest BCUT2D eigenvalue weighted by Gasteiger charge is -2.07. The van der Waals surface area contributed by atoms with Gasteiger partial charge < -0.3 is 19.8 Å². The van der Waals surface area contributed by atoms with Gasteiger partial charge in [-0.2, -0.15) is 0 Å². The Kier molecular flexibility index (Phi) is 4.60. The van der Waals surface area contributed by atoms with Crippen molar-refractivity contribution in [3.63, 3.8) is 0 Å². The van der Waals surface area contributed by atoms with E-state index in [-0.39, 0.29) is 6.54 Å². The average Bonchev–Trinajstić information content (AvgIpc) is 2.90. The van der Waals surface area contributed by atoms with E-state index in [2.05, 4.69) is 10.6 Å². The smallest absolute Gasteiger partial charge is 0.325 e. The maximum atomic E-state index is 11.5. The molecule has 1 aromatic heterocycles. The quantitative estimate of drug-likeness (QED) is 0.816. The third-order valence-electron chi connectivity index (χ3n) is 2.67. The van der Waals surface area contributed by atoms with Crippen molar-refractivity contribution in [2.75, 3.05) is 13.2 Å². The fraction of sp³-hybridized carbons (Fsp3) is 0.286. The molecule has 0 unspecified atom stereocenters. The van der Waals surface area contributed by atoms with Crippen molar-refractivity contribution < 1.29 is 18.7 Å². The molecule has 6 heteroatoms. The van der Waals surface area contributed by atoms with Crippen molar-refractivity contribution in [1.29, 1.82) is 0 Å². The number of nitrogens with one attached hydrogen (secondary N) is 2. The molecular weight excluding hydrogens is 260 g/mol. The zero-order valence-corrected chi connectivity index (χ0v) is 11.1. The summed E-state index contributed by atoms with van der Waals surface area (Å²) < 4.78 is 9.94. The highest BCUT2D eigenvalue weighted by atomic mass is 16.5. The van der Waals surface area contributed by atoms with Crippen LogP contribution in [-0.2, 0) is 16.1 Å². The number of urea groups is 1. The van der Waals surface area contributed by atoms with Crippen molar-refractivity contribution in [3.8, 4) is 0 Å². The number of carbonyl (C=O) groups is 2. The molecule has 0 aliphatic heterocycles. The topological polar surface area (TPSA) is 80.6 Å². The summed E-state index contributed by atoms with van der Waals surface area (Å²) >= 11 is 0. The second-order valence-corrected chi connectivity index (χ2v) is 4.13. The molecule has 1 aromatic carbocycles. The Bertz CT molecular complexity index is 606. The molecule has 106 valence electrons. The van der Waals surface area contributed by atoms with Crippen LogP contribution in [0.25, 0.3) is 11.0 Å². The van der Waals surface area contributed by atoms with Crippen LogP contribution in [0.3, 0.4) is 0 Å². The number of hydrogen-bond acceptors (Lipinski definition) is 4. The van der Waals surface area contributed by atoms with E-state index in [1.54, 1.807) is 13.2 Å². The highest BCUT2D eigenvalue weighted by Crippen LogP contribution is 2.16. The number of esters is 1. The van der Waals surface area contributed by atoms with Crippen molar-refractivity contribution >= 4 is 23.0 Å². The Morgan fingerprint density at radius 3 is 2.90 bits per heavy atom. The van der Waals surface area contributed by atoms with Crippen LogP contribution in [0, 0.1) is 0 Å². The van der Waals surface area contributed by atoms with Gasteiger partial charge in [-0.15, -0.1) is 0 Å². The van der Waals surface area contributed by atoms with Gasteiger partial charge >= 0.3 is 12.0 Å². The number of carbonyl (C=O) groups excluding carboxylic acids is 2. The normalized spacial score (nSPS) is 10.2. The summed E-state index contributed by atoms with van der Waals surface area (Å²) in [5.41, 5.74) is 1.76. The molecule has 0 fully saturated rings. The number of rotatable bonds is 5. The van der Waals surface area contributed by atoms with E-state index in [4.69, 9.17) is 9.15 Å². The summed E-state index contributed by atoms with van der Waals surface area (Å²) in [6.45, 7) is 2.24. The van der Waals surface area contributed by atoms with Gasteiger partial charge in [-0.25, -0.2) is 4.79 Å². The molecule has 1 heterocycles. The Morgan fingerprint density at radius 2 is 2.10 bits per heavy atom. The molecule has 0 radical (unpaired) electrons. The van der Waals surface area contributed by atoms with Gasteiger partial charge in [0.05, 0.1) is 12.9 Å². The fourth-order valence-electron chi connectivity index (χ4n) is 1.74. The van der Waals surface area contributed by atoms with Gasteiger partial charge in [-0.05, 0) is 30.7 Å². The Labute approximate surface area is 116 Å². The molecule has 0 bridgehead atoms. The minimum atomic E-state index is -0.456. The van der Waals surface area contributed by atoms with Gasteiger partial charge in [0.25, 0.3) is 0 Å². The molecule has 0 saturated heterocycles. The SMILES string of the molecule is CCOC(=O)CNC(=O)NCc1ccc2occc2c1. The summed E-state index contributed by atoms with van der Waals surface area (Å²) in [6.07, 6.45) is 1.62. The van der Waals surface area contributed by atoms with Crippen LogP contribution in [0.1, 0.15) is 12.5 Å². The van der Waals surface area contributed by atoms with Crippen LogP contribution in [0.4, 0.5) is 4.79 Å². The average molecular weight is 276 g/mol. The second kappa shape index (κ2) is 6.60. The standard InChI is InChI=1S/C14H16N2O4/c1-2-19-13(17)9-16-14(18)15-8-10-3-4-12-11(7-10)5-6-20-12/h3-7H,2,8-9H2,1H3,(H2,15,16,18). The lowest BCUT2D eigenvalue weighted by Crippen LogP contribution is -2.38. The molecular formula is C14H16N2O4. The molecule has 6 nitrogen and oxygen atoms in total. The first kappa shape index (κ1) is 13.9. The molecule has 0 atom stereocenters. The van der Waals surface area contributed by atoms with E-state index >= 15 is 0 Å². The van der Waals surface area contributed by atoms with E-state index in [0.717, 1.165) is 16.5 Å². The van der Waals surface area contributed by atoms with Crippen LogP contribution < -0.4 is 10.6 Å². The first-order chi connectivity index (χ1) is 9.69. The molecule has 2 aromatic rings. The summed E-state index contributed by atoms with van der Waals surface area (Å²) in [7, 11) is 0. The van der Waals surface area contributed by atoms with Crippen LogP contribution in [0.2, 0.25) is 0 Å². The lowest BCUT2D eigenvalue weighted by atomic mass is 10.1. The molecule has 20 heavy (non-hydrogen) atoms. The number of furan rings is 1. The van der Waals surface area contributed by atoms with Crippen LogP contribution >= 0.6 is 0 Å². The molecule has 0 aliphatic carbocycles. The van der Waals surface area contributed by atoms with E-state index in [9.17, 15) is 9.59 Å². The number of benzene rings is 1. The Balaban J connectivity index is 1.79. The van der Waals surface area contributed by atoms with Gasteiger partial charge in [0.1, 0.15) is 12.1 Å². The maximum absolute atomic E-state index is 11.5. The van der Waals surface area contributed by atoms with Crippen molar-refractivity contribution in [2.45, 2.75) is 13.5 Å². The minimum absolute atomic E-state index is 0.138. The van der Waals surface area contributed by atoms with E-state index in [1.165, 1.54) is 0 Å². The molecule has 2 amide bonds. The fourth-order valence-corrected chi connectivity index (χ4v) is 1.74. The van der Waals surface area contributed by atoms with Crippen LogP contribution in [0.5, 0.6) is 0 Å². The van der Waals surface area contributed by atoms with E-state index in [0.29, 0.717) is 13.2 Å². The summed E-state index contributed by atoms with van der Waals surface area (Å²) in [5.74, 6) is -0.456. The predicted molar refractivity (Wildman–Crippen MR) is 73.1 cm³/mol. The highest BCUT2D eigenvalue weighted by Gasteiger charge is 2.05. The van der Waals surface area contributed by atoms with Gasteiger partial charge in [-0.1, -0.05) is 6.07 Å². The van der Waals surface area contributed by atoms with Gasteiger partial charge in [-0.3, -0.25) is 4.79 Å². The number of amides is 2. The van der Waals surface area contributed by atoms with Crippen LogP contribution in [0.15, 0.2) is 34.9 Å². The minimum Gasteiger partial charge on any atom is -0.465 e. The molecule has 0 saturated carbocycles. The number of ether oxygens (including phenoxy) is 1. The predicted octanol–water partition coefficient (Wildman–Crippen LogP) is 1.80. The summed E-state index contributed by atoms with van der Waals surface area (Å²) in [4.78, 5) is 22.6. The zero-order chi connectivity index (χ0) is 14.4. The number of fused-ring (bicyclic) bond motifs is 1. The molecule has 2 N–H and O–H groups in total. The van der Waals surface area contributed by atoms with Crippen molar-refractivity contribution in [3.05, 3.63) is 36.1 Å². The molecule has 2 rings (SSSR count). The summed E-state index contributed by atoms with van der Waals surface area (Å²) in [5, 5.41) is 6.07. The van der Waals surface area contributed by atoms with Gasteiger partial charge in [0.15, 0.2) is 0 Å². The monoisotopic (exact) mass is 276 g/mol. The number of hydrogen-bond donors (Lipinski definition) is 2. The zero-order valence-electron chi connectivity index (χ0n) is 11.1. The van der Waals surface area contributed by atoms with Gasteiger partial charge in [0, 0.05) is 11.9 Å². The van der Waals surface area contributed by atoms with Crippen molar-refractivity contribution in [2.24, 2.45) is 0 Å². The maximum Gasteiger partial charge on any atom is 0.325 e. The third-order valence-corrected chi connectivity index (χ3v) is 2.67. The van der Waals surface area contributed by atoms with Crippen molar-refractivity contribution in [1.82, 2.24) is 10.6 Å². The van der Waals surface area contributed by atoms with Crippen LogP contribution in [-0.4, -0.2) is 25.2 Å². The van der Waals surface area contributed by atoms with E-state index in [1.807, 2.05) is 24.3 Å².